The Morgan fingerprint density at radius 1 is 0.545 bits per heavy atom. The summed E-state index contributed by atoms with van der Waals surface area (Å²) in [6.07, 6.45) is 0. The minimum atomic E-state index is -1.59. The van der Waals surface area contributed by atoms with Crippen LogP contribution in [0.25, 0.3) is 22.3 Å². The van der Waals surface area contributed by atoms with Crippen molar-refractivity contribution in [3.05, 3.63) is 98.6 Å². The van der Waals surface area contributed by atoms with Crippen LogP contribution in [0.15, 0.2) is 42.5 Å². The van der Waals surface area contributed by atoms with Gasteiger partial charge in [-0.15, -0.1) is 0 Å². The summed E-state index contributed by atoms with van der Waals surface area (Å²) in [6, 6.07) is 16.5. The molecule has 0 spiro atoms. The maximum atomic E-state index is 2.46. The molecule has 0 bridgehead atoms. The van der Waals surface area contributed by atoms with Crippen molar-refractivity contribution in [1.82, 2.24) is 9.13 Å². The number of rotatable bonds is 5. The Labute approximate surface area is 273 Å². The molecule has 3 aromatic carbocycles. The number of imidazole rings is 2. The summed E-state index contributed by atoms with van der Waals surface area (Å²) in [6.45, 7) is 22.6. The van der Waals surface area contributed by atoms with E-state index in [9.17, 15) is 0 Å². The predicted octanol–water partition coefficient (Wildman–Crippen LogP) is 1.95. The first-order valence-corrected chi connectivity index (χ1v) is 16.9. The maximum Gasteiger partial charge on any atom is 0.139 e. The van der Waals surface area contributed by atoms with Crippen LogP contribution in [0.1, 0.15) is 56.2 Å². The van der Waals surface area contributed by atoms with E-state index in [1.807, 2.05) is 0 Å². The smallest absolute Gasteiger partial charge is 0.139 e. The highest BCUT2D eigenvalue weighted by Crippen LogP contribution is 2.34. The molecule has 44 heavy (non-hydrogen) atoms. The molecule has 0 fully saturated rings. The Balaban J connectivity index is 0.00000442. The monoisotopic (exact) mass is 624 g/mol. The van der Waals surface area contributed by atoms with E-state index in [4.69, 9.17) is 0 Å². The van der Waals surface area contributed by atoms with Gasteiger partial charge in [-0.25, -0.2) is 0 Å². The van der Waals surface area contributed by atoms with E-state index in [2.05, 4.69) is 158 Å². The topological polar surface area (TPSA) is 17.6 Å². The molecule has 0 saturated carbocycles. The van der Waals surface area contributed by atoms with E-state index in [0.717, 1.165) is 0 Å². The second kappa shape index (κ2) is 12.2. The van der Waals surface area contributed by atoms with E-state index in [1.165, 1.54) is 94.5 Å². The molecule has 0 amide bonds. The Kier molecular flexibility index (Phi) is 9.26. The first-order valence-electron chi connectivity index (χ1n) is 15.4. The molecule has 2 aromatic heterocycles. The number of halogens is 1. The van der Waals surface area contributed by atoms with Gasteiger partial charge in [0.15, 0.2) is 0 Å². The van der Waals surface area contributed by atoms with Crippen LogP contribution < -0.4 is 37.6 Å². The lowest BCUT2D eigenvalue weighted by atomic mass is 9.89. The van der Waals surface area contributed by atoms with Gasteiger partial charge in [-0.05, 0) is 94.8 Å². The van der Waals surface area contributed by atoms with Crippen LogP contribution >= 0.6 is 0 Å². The molecule has 0 radical (unpaired) electrons. The minimum Gasteiger partial charge on any atom is -1.00 e. The van der Waals surface area contributed by atoms with Crippen molar-refractivity contribution in [3.8, 4) is 22.3 Å². The standard InChI is InChI=1S/C38H49N4Si.ClH/c1-22-18-24(3)34(25(4)19-22)32-16-15-17-33(35-26(5)20-23(2)21-27(35)6)36(32)43(37-39(11)28(7)29(8)40(37)12)38-41(13)30(9)31(10)42(38)14;/h15-21H,1-14H3;1H/q+1;/p-1. The number of aromatic nitrogens is 4. The van der Waals surface area contributed by atoms with Crippen LogP contribution in [0, 0.1) is 69.2 Å². The highest BCUT2D eigenvalue weighted by Gasteiger charge is 2.33. The summed E-state index contributed by atoms with van der Waals surface area (Å²) in [5.74, 6) is 0. The first kappa shape index (κ1) is 33.5. The second-order valence-electron chi connectivity index (χ2n) is 12.9. The zero-order valence-electron chi connectivity index (χ0n) is 29.2. The summed E-state index contributed by atoms with van der Waals surface area (Å²) in [5, 5.41) is 1.46. The molecule has 5 rings (SSSR count). The average molecular weight is 625 g/mol. The average Bonchev–Trinajstić information content (AvgIpc) is 3.23. The molecule has 4 nitrogen and oxygen atoms in total. The Morgan fingerprint density at radius 3 is 1.14 bits per heavy atom. The van der Waals surface area contributed by atoms with Crippen molar-refractivity contribution in [2.45, 2.75) is 69.2 Å². The largest absolute Gasteiger partial charge is 1.00 e. The lowest BCUT2D eigenvalue weighted by Crippen LogP contribution is -3.00. The third-order valence-corrected chi connectivity index (χ3v) is 13.3. The van der Waals surface area contributed by atoms with Gasteiger partial charge < -0.3 is 12.4 Å². The summed E-state index contributed by atoms with van der Waals surface area (Å²) in [4.78, 5) is 0. The highest BCUT2D eigenvalue weighted by molar-refractivity contribution is 6.94. The number of aryl methyl sites for hydroxylation is 6. The van der Waals surface area contributed by atoms with Crippen LogP contribution in [0.5, 0.6) is 0 Å². The lowest BCUT2D eigenvalue weighted by molar-refractivity contribution is -0.664. The van der Waals surface area contributed by atoms with Crippen molar-refractivity contribution in [2.75, 3.05) is 0 Å². The quantitative estimate of drug-likeness (QED) is 0.210. The SMILES string of the molecule is Cc1cc(C)c(-c2cccc(-c3c(C)cc(C)cc3C)c2[Si-](c2n(C)c(C)c(C)[n+]2C)c2n(C)c(C)c(C)[n+]2C)c(C)c1.[Cl-]. The molecule has 0 aliphatic heterocycles. The van der Waals surface area contributed by atoms with E-state index in [0.29, 0.717) is 0 Å². The molecule has 232 valence electrons. The molecule has 0 saturated heterocycles. The van der Waals surface area contributed by atoms with Crippen molar-refractivity contribution < 1.29 is 21.5 Å². The molecular formula is C38H49ClN4Si. The minimum absolute atomic E-state index is 0. The summed E-state index contributed by atoms with van der Waals surface area (Å²) in [7, 11) is 7.46. The molecule has 5 aromatic rings. The number of hydrogen-bond acceptors (Lipinski definition) is 0. The van der Waals surface area contributed by atoms with Crippen LogP contribution in [0.4, 0.5) is 0 Å². The van der Waals surface area contributed by atoms with Gasteiger partial charge in [0.05, 0.1) is 28.2 Å². The molecule has 0 aliphatic carbocycles. The summed E-state index contributed by atoms with van der Waals surface area (Å²) < 4.78 is 9.86. The third-order valence-electron chi connectivity index (χ3n) is 9.98. The first-order chi connectivity index (χ1) is 20.2. The molecule has 0 unspecified atom stereocenters. The van der Waals surface area contributed by atoms with E-state index in [-0.39, 0.29) is 12.4 Å². The van der Waals surface area contributed by atoms with Gasteiger partial charge in [0, 0.05) is 27.7 Å². The lowest BCUT2D eigenvalue weighted by Gasteiger charge is -2.33. The fourth-order valence-corrected chi connectivity index (χ4v) is 11.1. The molecule has 6 heteroatoms. The number of hydrogen-bond donors (Lipinski definition) is 0. The van der Waals surface area contributed by atoms with Crippen molar-refractivity contribution in [3.63, 3.8) is 0 Å². The Morgan fingerprint density at radius 2 is 0.864 bits per heavy atom. The van der Waals surface area contributed by atoms with Crippen LogP contribution in [0.3, 0.4) is 0 Å². The normalized spacial score (nSPS) is 11.2. The van der Waals surface area contributed by atoms with Gasteiger partial charge >= 0.3 is 0 Å². The van der Waals surface area contributed by atoms with Crippen LogP contribution in [0.2, 0.25) is 0 Å². The van der Waals surface area contributed by atoms with Crippen molar-refractivity contribution >= 4 is 24.9 Å². The van der Waals surface area contributed by atoms with E-state index < -0.39 is 8.80 Å². The second-order valence-corrected chi connectivity index (χ2v) is 15.0. The van der Waals surface area contributed by atoms with Gasteiger partial charge in [-0.2, -0.15) is 5.19 Å². The van der Waals surface area contributed by atoms with Crippen LogP contribution in [-0.2, 0) is 28.2 Å². The van der Waals surface area contributed by atoms with Crippen molar-refractivity contribution in [2.24, 2.45) is 28.2 Å². The fraction of sp³-hybridized carbons (Fsp3) is 0.368. The van der Waals surface area contributed by atoms with E-state index in [1.54, 1.807) is 0 Å². The van der Waals surface area contributed by atoms with Crippen molar-refractivity contribution in [1.29, 1.82) is 0 Å². The number of nitrogens with zero attached hydrogens (tertiary/aromatic N) is 4. The van der Waals surface area contributed by atoms with Crippen LogP contribution in [-0.4, -0.2) is 17.9 Å². The fourth-order valence-electron chi connectivity index (χ4n) is 7.50. The predicted molar refractivity (Wildman–Crippen MR) is 183 cm³/mol. The molecule has 2 heterocycles. The molecule has 0 N–H and O–H groups in total. The zero-order chi connectivity index (χ0) is 31.7. The van der Waals surface area contributed by atoms with Gasteiger partial charge in [-0.3, -0.25) is 18.3 Å². The molecule has 0 aliphatic rings. The highest BCUT2D eigenvalue weighted by atomic mass is 35.5. The Bertz CT molecular complexity index is 1690. The number of benzene rings is 3. The Hall–Kier alpha value is -3.41. The molecular weight excluding hydrogens is 576 g/mol. The van der Waals surface area contributed by atoms with Gasteiger partial charge in [-0.1, -0.05) is 53.6 Å². The maximum absolute atomic E-state index is 2.46. The van der Waals surface area contributed by atoms with E-state index >= 15 is 0 Å². The zero-order valence-corrected chi connectivity index (χ0v) is 31.0. The summed E-state index contributed by atoms with van der Waals surface area (Å²) >= 11 is 0. The van der Waals surface area contributed by atoms with Gasteiger partial charge in [0.1, 0.15) is 33.7 Å². The van der Waals surface area contributed by atoms with Gasteiger partial charge in [0.2, 0.25) is 0 Å². The van der Waals surface area contributed by atoms with Gasteiger partial charge in [0.25, 0.3) is 0 Å². The third kappa shape index (κ3) is 5.18. The summed E-state index contributed by atoms with van der Waals surface area (Å²) in [5.41, 5.74) is 21.4. The molecule has 0 atom stereocenters.